The van der Waals surface area contributed by atoms with E-state index in [-0.39, 0.29) is 11.5 Å². The fourth-order valence-corrected chi connectivity index (χ4v) is 4.68. The number of nitrogens with one attached hydrogen (secondary N) is 1. The Hall–Kier alpha value is -3.00. The highest BCUT2D eigenvalue weighted by Gasteiger charge is 2.26. The molecular weight excluding hydrogens is 374 g/mol. The van der Waals surface area contributed by atoms with E-state index in [2.05, 4.69) is 15.1 Å². The molecule has 1 fully saturated rings. The molecule has 5 rings (SSSR count). The molecule has 1 aliphatic rings. The summed E-state index contributed by atoms with van der Waals surface area (Å²) < 4.78 is 1.64. The molecule has 1 aromatic carbocycles. The van der Waals surface area contributed by atoms with E-state index in [0.29, 0.717) is 41.1 Å². The van der Waals surface area contributed by atoms with Gasteiger partial charge in [0.1, 0.15) is 11.2 Å². The Balaban J connectivity index is 1.39. The Morgan fingerprint density at radius 3 is 2.86 bits per heavy atom. The number of carbonyl (C=O) groups excluding carboxylic acids is 1. The first kappa shape index (κ1) is 17.1. The first-order valence-corrected chi connectivity index (χ1v) is 10.2. The second-order valence-corrected chi connectivity index (χ2v) is 8.13. The Morgan fingerprint density at radius 2 is 2.07 bits per heavy atom. The lowest BCUT2D eigenvalue weighted by molar-refractivity contribution is 0.0692. The van der Waals surface area contributed by atoms with Crippen molar-refractivity contribution in [2.45, 2.75) is 19.3 Å². The third-order valence-corrected chi connectivity index (χ3v) is 6.26. The summed E-state index contributed by atoms with van der Waals surface area (Å²) in [6.45, 7) is 1.42. The van der Waals surface area contributed by atoms with Gasteiger partial charge in [-0.3, -0.25) is 9.59 Å². The molecule has 3 aromatic heterocycles. The maximum Gasteiger partial charge on any atom is 0.259 e. The minimum atomic E-state index is -0.209. The number of amides is 1. The molecule has 0 aliphatic carbocycles. The van der Waals surface area contributed by atoms with Crippen molar-refractivity contribution in [2.75, 3.05) is 13.1 Å². The van der Waals surface area contributed by atoms with Gasteiger partial charge in [-0.05, 0) is 30.9 Å². The summed E-state index contributed by atoms with van der Waals surface area (Å²) in [5, 5.41) is 8.08. The zero-order valence-electron chi connectivity index (χ0n) is 15.2. The Bertz CT molecular complexity index is 1200. The topological polar surface area (TPSA) is 83.4 Å². The summed E-state index contributed by atoms with van der Waals surface area (Å²) in [5.41, 5.74) is 1.39. The summed E-state index contributed by atoms with van der Waals surface area (Å²) in [6.07, 6.45) is 6.31. The molecule has 7 nitrogen and oxygen atoms in total. The van der Waals surface area contributed by atoms with Gasteiger partial charge < -0.3 is 9.88 Å². The molecule has 1 N–H and O–H groups in total. The predicted molar refractivity (Wildman–Crippen MR) is 108 cm³/mol. The predicted octanol–water partition coefficient (Wildman–Crippen LogP) is 2.73. The number of carbonyl (C=O) groups is 1. The average molecular weight is 393 g/mol. The van der Waals surface area contributed by atoms with E-state index >= 15 is 0 Å². The molecule has 0 radical (unpaired) electrons. The second kappa shape index (κ2) is 6.87. The number of hydrogen-bond donors (Lipinski definition) is 1. The van der Waals surface area contributed by atoms with Gasteiger partial charge in [-0.25, -0.2) is 9.50 Å². The van der Waals surface area contributed by atoms with E-state index in [1.165, 1.54) is 0 Å². The molecule has 142 valence electrons. The minimum Gasteiger partial charge on any atom is -0.338 e. The maximum absolute atomic E-state index is 13.1. The van der Waals surface area contributed by atoms with Crippen molar-refractivity contribution in [2.24, 2.45) is 5.92 Å². The first-order chi connectivity index (χ1) is 13.7. The van der Waals surface area contributed by atoms with Crippen LogP contribution in [0.15, 0.2) is 46.8 Å². The van der Waals surface area contributed by atoms with Gasteiger partial charge in [0.05, 0.1) is 22.1 Å². The van der Waals surface area contributed by atoms with Crippen LogP contribution in [0.4, 0.5) is 0 Å². The fraction of sp³-hybridized carbons (Fsp3) is 0.300. The number of rotatable bonds is 3. The zero-order chi connectivity index (χ0) is 19.1. The molecule has 4 heterocycles. The smallest absolute Gasteiger partial charge is 0.259 e. The van der Waals surface area contributed by atoms with Crippen LogP contribution < -0.4 is 5.56 Å². The van der Waals surface area contributed by atoms with Crippen molar-refractivity contribution in [1.29, 1.82) is 0 Å². The number of nitrogens with zero attached hydrogens (tertiary/aromatic N) is 4. The van der Waals surface area contributed by atoms with Crippen LogP contribution in [0.1, 0.15) is 28.2 Å². The van der Waals surface area contributed by atoms with Crippen LogP contribution in [-0.4, -0.2) is 43.5 Å². The minimum absolute atomic E-state index is 0.0753. The van der Waals surface area contributed by atoms with Gasteiger partial charge in [-0.1, -0.05) is 12.1 Å². The highest BCUT2D eigenvalue weighted by atomic mass is 32.1. The lowest BCUT2D eigenvalue weighted by Gasteiger charge is -2.31. The van der Waals surface area contributed by atoms with E-state index < -0.39 is 0 Å². The third-order valence-electron chi connectivity index (χ3n) is 5.46. The normalized spacial score (nSPS) is 15.5. The monoisotopic (exact) mass is 393 g/mol. The van der Waals surface area contributed by atoms with Crippen LogP contribution in [0, 0.1) is 5.92 Å². The number of piperidine rings is 1. The summed E-state index contributed by atoms with van der Waals surface area (Å²) in [4.78, 5) is 34.6. The van der Waals surface area contributed by atoms with E-state index in [0.717, 1.165) is 24.3 Å². The van der Waals surface area contributed by atoms with Crippen molar-refractivity contribution in [3.63, 3.8) is 0 Å². The Morgan fingerprint density at radius 1 is 1.25 bits per heavy atom. The lowest BCUT2D eigenvalue weighted by atomic mass is 9.93. The fourth-order valence-electron chi connectivity index (χ4n) is 3.94. The number of aromatic nitrogens is 4. The summed E-state index contributed by atoms with van der Waals surface area (Å²) in [6, 6.07) is 7.26. The molecule has 8 heteroatoms. The van der Waals surface area contributed by atoms with Crippen molar-refractivity contribution in [1.82, 2.24) is 24.5 Å². The molecule has 0 atom stereocenters. The maximum atomic E-state index is 13.1. The quantitative estimate of drug-likeness (QED) is 0.580. The summed E-state index contributed by atoms with van der Waals surface area (Å²) in [7, 11) is 0. The number of benzene rings is 1. The van der Waals surface area contributed by atoms with Crippen molar-refractivity contribution >= 4 is 33.8 Å². The molecule has 1 amide bonds. The standard InChI is InChI=1S/C20H19N5O2S/c26-19-14-3-1-2-4-16(14)25-18(23-19)15(12-22-25)20(27)24-8-5-13(6-9-24)11-17-21-7-10-28-17/h1-4,7,10,12-13H,5-6,8-9,11H2,(H,23,26). The summed E-state index contributed by atoms with van der Waals surface area (Å²) >= 11 is 1.69. The van der Waals surface area contributed by atoms with Gasteiger partial charge in [-0.2, -0.15) is 5.10 Å². The van der Waals surface area contributed by atoms with E-state index in [1.54, 1.807) is 28.1 Å². The molecule has 1 aliphatic heterocycles. The van der Waals surface area contributed by atoms with Gasteiger partial charge >= 0.3 is 0 Å². The molecule has 4 aromatic rings. The molecule has 0 saturated carbocycles. The van der Waals surface area contributed by atoms with E-state index in [9.17, 15) is 9.59 Å². The largest absolute Gasteiger partial charge is 0.338 e. The van der Waals surface area contributed by atoms with Gasteiger partial charge in [0.15, 0.2) is 0 Å². The average Bonchev–Trinajstić information content (AvgIpc) is 3.38. The van der Waals surface area contributed by atoms with E-state index in [4.69, 9.17) is 0 Å². The number of fused-ring (bicyclic) bond motifs is 3. The van der Waals surface area contributed by atoms with Crippen LogP contribution in [0.25, 0.3) is 16.6 Å². The van der Waals surface area contributed by atoms with E-state index in [1.807, 2.05) is 34.7 Å². The zero-order valence-corrected chi connectivity index (χ0v) is 16.0. The van der Waals surface area contributed by atoms with Crippen molar-refractivity contribution < 1.29 is 4.79 Å². The number of hydrogen-bond acceptors (Lipinski definition) is 5. The highest BCUT2D eigenvalue weighted by molar-refractivity contribution is 7.09. The first-order valence-electron chi connectivity index (χ1n) is 9.37. The van der Waals surface area contributed by atoms with Gasteiger partial charge in [-0.15, -0.1) is 11.3 Å². The van der Waals surface area contributed by atoms with Crippen LogP contribution >= 0.6 is 11.3 Å². The number of likely N-dealkylation sites (tertiary alicyclic amines) is 1. The number of para-hydroxylation sites is 1. The van der Waals surface area contributed by atoms with Gasteiger partial charge in [0.2, 0.25) is 0 Å². The van der Waals surface area contributed by atoms with Gasteiger partial charge in [0.25, 0.3) is 11.5 Å². The van der Waals surface area contributed by atoms with Gasteiger partial charge in [0, 0.05) is 31.1 Å². The second-order valence-electron chi connectivity index (χ2n) is 7.16. The molecule has 0 spiro atoms. The molecular formula is C20H19N5O2S. The molecule has 28 heavy (non-hydrogen) atoms. The Labute approximate surface area is 164 Å². The SMILES string of the molecule is O=C(c1cnn2c1[nH]c(=O)c1ccccc12)N1CCC(Cc2nccs2)CC1. The number of aromatic amines is 1. The number of H-pyrrole nitrogens is 1. The molecule has 0 unspecified atom stereocenters. The van der Waals surface area contributed by atoms with Crippen LogP contribution in [-0.2, 0) is 6.42 Å². The third kappa shape index (κ3) is 2.90. The molecule has 1 saturated heterocycles. The van der Waals surface area contributed by atoms with Crippen LogP contribution in [0.3, 0.4) is 0 Å². The van der Waals surface area contributed by atoms with Crippen LogP contribution in [0.5, 0.6) is 0 Å². The van der Waals surface area contributed by atoms with Crippen LogP contribution in [0.2, 0.25) is 0 Å². The Kier molecular flexibility index (Phi) is 4.20. The number of thiazole rings is 1. The lowest BCUT2D eigenvalue weighted by Crippen LogP contribution is -2.39. The van der Waals surface area contributed by atoms with Crippen molar-refractivity contribution in [3.05, 3.63) is 63.0 Å². The molecule has 0 bridgehead atoms. The highest BCUT2D eigenvalue weighted by Crippen LogP contribution is 2.24. The summed E-state index contributed by atoms with van der Waals surface area (Å²) in [5.74, 6) is 0.483. The van der Waals surface area contributed by atoms with Crippen molar-refractivity contribution in [3.8, 4) is 0 Å².